The van der Waals surface area contributed by atoms with Crippen molar-refractivity contribution in [3.05, 3.63) is 42.2 Å². The monoisotopic (exact) mass is 266 g/mol. The summed E-state index contributed by atoms with van der Waals surface area (Å²) in [5, 5.41) is 16.2. The summed E-state index contributed by atoms with van der Waals surface area (Å²) in [5.74, 6) is 1.29. The van der Waals surface area contributed by atoms with Gasteiger partial charge in [0.05, 0.1) is 5.56 Å². The first kappa shape index (κ1) is 11.5. The predicted octanol–water partition coefficient (Wildman–Crippen LogP) is 3.65. The summed E-state index contributed by atoms with van der Waals surface area (Å²) >= 11 is 0. The van der Waals surface area contributed by atoms with Gasteiger partial charge in [0.1, 0.15) is 5.75 Å². The number of phenols is 1. The van der Waals surface area contributed by atoms with Gasteiger partial charge in [-0.15, -0.1) is 0 Å². The maximum atomic E-state index is 10.2. The molecule has 0 saturated heterocycles. The number of rotatable bonds is 2. The smallest absolute Gasteiger partial charge is 0.261 e. The van der Waals surface area contributed by atoms with Gasteiger partial charge in [-0.1, -0.05) is 36.3 Å². The highest BCUT2D eigenvalue weighted by Crippen LogP contribution is 2.46. The highest BCUT2D eigenvalue weighted by molar-refractivity contribution is 5.89. The number of phenolic OH excluding ortho intramolecular Hbond substituents is 1. The highest BCUT2D eigenvalue weighted by atomic mass is 16.5. The van der Waals surface area contributed by atoms with Crippen LogP contribution in [0.15, 0.2) is 40.9 Å². The molecule has 4 nitrogen and oxygen atoms in total. The van der Waals surface area contributed by atoms with Gasteiger partial charge >= 0.3 is 0 Å². The average molecular weight is 266 g/mol. The summed E-state index contributed by atoms with van der Waals surface area (Å²) in [6, 6.07) is 11.5. The van der Waals surface area contributed by atoms with Crippen LogP contribution in [-0.2, 0) is 5.41 Å². The van der Waals surface area contributed by atoms with Crippen molar-refractivity contribution >= 4 is 10.8 Å². The van der Waals surface area contributed by atoms with Crippen molar-refractivity contribution < 1.29 is 9.63 Å². The van der Waals surface area contributed by atoms with E-state index in [0.717, 1.165) is 29.4 Å². The van der Waals surface area contributed by atoms with E-state index in [0.29, 0.717) is 11.5 Å². The number of hydrogen-bond acceptors (Lipinski definition) is 4. The van der Waals surface area contributed by atoms with E-state index in [1.54, 1.807) is 6.07 Å². The van der Waals surface area contributed by atoms with Crippen LogP contribution in [0.2, 0.25) is 0 Å². The van der Waals surface area contributed by atoms with Gasteiger partial charge in [0.25, 0.3) is 5.89 Å². The second-order valence-corrected chi connectivity index (χ2v) is 5.70. The molecule has 1 N–H and O–H groups in total. The summed E-state index contributed by atoms with van der Waals surface area (Å²) in [6.07, 6.45) is 2.19. The van der Waals surface area contributed by atoms with Gasteiger partial charge in [-0.25, -0.2) is 0 Å². The van der Waals surface area contributed by atoms with Crippen LogP contribution in [0, 0.1) is 0 Å². The Balaban J connectivity index is 1.85. The molecule has 0 spiro atoms. The number of benzene rings is 2. The molecular formula is C16H14N2O2. The van der Waals surface area contributed by atoms with Crippen molar-refractivity contribution in [3.63, 3.8) is 0 Å². The fraction of sp³-hybridized carbons (Fsp3) is 0.250. The van der Waals surface area contributed by atoms with E-state index in [4.69, 9.17) is 4.52 Å². The quantitative estimate of drug-likeness (QED) is 0.769. The van der Waals surface area contributed by atoms with Crippen LogP contribution < -0.4 is 0 Å². The zero-order valence-electron chi connectivity index (χ0n) is 11.1. The minimum atomic E-state index is 0.0637. The fourth-order valence-corrected chi connectivity index (χ4v) is 2.39. The molecule has 1 heterocycles. The maximum absolute atomic E-state index is 10.2. The van der Waals surface area contributed by atoms with Crippen molar-refractivity contribution in [2.45, 2.75) is 25.2 Å². The Kier molecular flexibility index (Phi) is 2.19. The zero-order chi connectivity index (χ0) is 13.7. The SMILES string of the molecule is CC1(c2noc(-c3cc4ccccc4cc3O)n2)CC1. The topological polar surface area (TPSA) is 59.2 Å². The van der Waals surface area contributed by atoms with E-state index in [2.05, 4.69) is 17.1 Å². The maximum Gasteiger partial charge on any atom is 0.261 e. The van der Waals surface area contributed by atoms with Crippen molar-refractivity contribution in [1.82, 2.24) is 10.1 Å². The lowest BCUT2D eigenvalue weighted by Crippen LogP contribution is -2.01. The van der Waals surface area contributed by atoms with Crippen molar-refractivity contribution in [1.29, 1.82) is 0 Å². The summed E-state index contributed by atoms with van der Waals surface area (Å²) in [6.45, 7) is 2.13. The lowest BCUT2D eigenvalue weighted by molar-refractivity contribution is 0.412. The van der Waals surface area contributed by atoms with Crippen molar-refractivity contribution in [3.8, 4) is 17.2 Å². The highest BCUT2D eigenvalue weighted by Gasteiger charge is 2.43. The van der Waals surface area contributed by atoms with Gasteiger partial charge in [0.2, 0.25) is 0 Å². The van der Waals surface area contributed by atoms with E-state index in [9.17, 15) is 5.11 Å². The molecule has 1 aliphatic carbocycles. The van der Waals surface area contributed by atoms with Gasteiger partial charge in [-0.05, 0) is 35.7 Å². The summed E-state index contributed by atoms with van der Waals surface area (Å²) in [7, 11) is 0. The molecule has 0 bridgehead atoms. The molecule has 0 amide bonds. The molecule has 0 atom stereocenters. The summed E-state index contributed by atoms with van der Waals surface area (Å²) in [4.78, 5) is 4.44. The Morgan fingerprint density at radius 1 is 1.15 bits per heavy atom. The lowest BCUT2D eigenvalue weighted by Gasteiger charge is -2.03. The zero-order valence-corrected chi connectivity index (χ0v) is 11.1. The standard InChI is InChI=1S/C16H14N2O2/c1-16(6-7-16)15-17-14(20-18-15)12-8-10-4-2-3-5-11(10)9-13(12)19/h2-5,8-9,19H,6-7H2,1H3. The Bertz CT molecular complexity index is 803. The Hall–Kier alpha value is -2.36. The van der Waals surface area contributed by atoms with Crippen LogP contribution in [-0.4, -0.2) is 15.2 Å². The third-order valence-electron chi connectivity index (χ3n) is 4.06. The van der Waals surface area contributed by atoms with Gasteiger partial charge in [-0.3, -0.25) is 0 Å². The molecule has 0 aliphatic heterocycles. The number of fused-ring (bicyclic) bond motifs is 1. The molecule has 4 heteroatoms. The van der Waals surface area contributed by atoms with Crippen molar-refractivity contribution in [2.24, 2.45) is 0 Å². The van der Waals surface area contributed by atoms with E-state index >= 15 is 0 Å². The first-order chi connectivity index (χ1) is 9.66. The molecule has 100 valence electrons. The molecule has 1 saturated carbocycles. The third-order valence-corrected chi connectivity index (χ3v) is 4.06. The molecule has 2 aromatic carbocycles. The Morgan fingerprint density at radius 2 is 1.85 bits per heavy atom. The normalized spacial score (nSPS) is 16.4. The minimum Gasteiger partial charge on any atom is -0.507 e. The fourth-order valence-electron chi connectivity index (χ4n) is 2.39. The minimum absolute atomic E-state index is 0.0637. The number of nitrogens with zero attached hydrogens (tertiary/aromatic N) is 2. The summed E-state index contributed by atoms with van der Waals surface area (Å²) < 4.78 is 5.33. The van der Waals surface area contributed by atoms with Gasteiger partial charge in [0, 0.05) is 5.41 Å². The average Bonchev–Trinajstić information content (AvgIpc) is 3.02. The molecule has 0 radical (unpaired) electrons. The van der Waals surface area contributed by atoms with E-state index in [1.807, 2.05) is 30.3 Å². The second kappa shape index (κ2) is 3.82. The van der Waals surface area contributed by atoms with E-state index < -0.39 is 0 Å². The van der Waals surface area contributed by atoms with Crippen LogP contribution in [0.4, 0.5) is 0 Å². The van der Waals surface area contributed by atoms with Gasteiger partial charge in [0.15, 0.2) is 5.82 Å². The van der Waals surface area contributed by atoms with Crippen LogP contribution in [0.25, 0.3) is 22.2 Å². The van der Waals surface area contributed by atoms with Gasteiger partial charge < -0.3 is 9.63 Å². The predicted molar refractivity (Wildman–Crippen MR) is 75.5 cm³/mol. The molecule has 1 aromatic heterocycles. The van der Waals surface area contributed by atoms with Crippen LogP contribution in [0.1, 0.15) is 25.6 Å². The number of aromatic hydroxyl groups is 1. The Labute approximate surface area is 116 Å². The molecule has 3 aromatic rings. The first-order valence-electron chi connectivity index (χ1n) is 6.72. The third kappa shape index (κ3) is 1.68. The lowest BCUT2D eigenvalue weighted by atomic mass is 10.1. The van der Waals surface area contributed by atoms with Crippen molar-refractivity contribution in [2.75, 3.05) is 0 Å². The van der Waals surface area contributed by atoms with Crippen LogP contribution in [0.5, 0.6) is 5.75 Å². The van der Waals surface area contributed by atoms with E-state index in [-0.39, 0.29) is 11.2 Å². The Morgan fingerprint density at radius 3 is 2.55 bits per heavy atom. The molecule has 1 fully saturated rings. The largest absolute Gasteiger partial charge is 0.507 e. The van der Waals surface area contributed by atoms with Crippen LogP contribution >= 0.6 is 0 Å². The molecule has 0 unspecified atom stereocenters. The molecule has 4 rings (SSSR count). The summed E-state index contributed by atoms with van der Waals surface area (Å²) in [5.41, 5.74) is 0.653. The van der Waals surface area contributed by atoms with Crippen LogP contribution in [0.3, 0.4) is 0 Å². The first-order valence-corrected chi connectivity index (χ1v) is 6.72. The number of hydrogen-bond donors (Lipinski definition) is 1. The number of aromatic nitrogens is 2. The molecular weight excluding hydrogens is 252 g/mol. The van der Waals surface area contributed by atoms with Gasteiger partial charge in [-0.2, -0.15) is 4.98 Å². The second-order valence-electron chi connectivity index (χ2n) is 5.70. The van der Waals surface area contributed by atoms with E-state index in [1.165, 1.54) is 0 Å². The molecule has 20 heavy (non-hydrogen) atoms. The molecule has 1 aliphatic rings.